The predicted octanol–water partition coefficient (Wildman–Crippen LogP) is 4.02. The fourth-order valence-corrected chi connectivity index (χ4v) is 4.98. The van der Waals surface area contributed by atoms with Crippen molar-refractivity contribution in [3.63, 3.8) is 0 Å². The van der Waals surface area contributed by atoms with Crippen LogP contribution in [0.15, 0.2) is 48.5 Å². The van der Waals surface area contributed by atoms with E-state index >= 15 is 0 Å². The molecule has 2 N–H and O–H groups in total. The van der Waals surface area contributed by atoms with Gasteiger partial charge in [-0.2, -0.15) is 0 Å². The van der Waals surface area contributed by atoms with Gasteiger partial charge in [-0.1, -0.05) is 55.5 Å². The Kier molecular flexibility index (Phi) is 6.40. The van der Waals surface area contributed by atoms with Crippen LogP contribution in [-0.4, -0.2) is 53.7 Å². The number of rotatable bonds is 7. The first kappa shape index (κ1) is 22.8. The number of nitrogens with zero attached hydrogens (tertiary/aromatic N) is 1. The van der Waals surface area contributed by atoms with Crippen LogP contribution in [0.3, 0.4) is 0 Å². The zero-order chi connectivity index (χ0) is 23.6. The second-order valence-electron chi connectivity index (χ2n) is 9.08. The summed E-state index contributed by atoms with van der Waals surface area (Å²) in [4.78, 5) is 38.3. The fourth-order valence-electron chi connectivity index (χ4n) is 4.98. The summed E-state index contributed by atoms with van der Waals surface area (Å²) in [6.07, 6.45) is 0.481. The SMILES string of the molecule is CCC1(C(=O)O)CCN(C(=O)C[C@@H](C)NC(=O)OCC2c3ccccc3-c3ccccc32)C1. The maximum absolute atomic E-state index is 12.6. The van der Waals surface area contributed by atoms with Gasteiger partial charge in [0.25, 0.3) is 0 Å². The Balaban J connectivity index is 1.30. The number of alkyl carbamates (subject to hydrolysis) is 1. The van der Waals surface area contributed by atoms with Gasteiger partial charge < -0.3 is 20.1 Å². The number of carboxylic acids is 1. The number of fused-ring (bicyclic) bond motifs is 3. The Bertz CT molecular complexity index is 1020. The van der Waals surface area contributed by atoms with E-state index in [-0.39, 0.29) is 31.4 Å². The van der Waals surface area contributed by atoms with Gasteiger partial charge in [0.2, 0.25) is 5.91 Å². The van der Waals surface area contributed by atoms with Gasteiger partial charge in [-0.05, 0) is 42.0 Å². The van der Waals surface area contributed by atoms with Crippen molar-refractivity contribution < 1.29 is 24.2 Å². The molecule has 7 nitrogen and oxygen atoms in total. The normalized spacial score (nSPS) is 20.1. The minimum Gasteiger partial charge on any atom is -0.481 e. The highest BCUT2D eigenvalue weighted by Crippen LogP contribution is 2.44. The van der Waals surface area contributed by atoms with Crippen LogP contribution in [-0.2, 0) is 14.3 Å². The molecule has 2 atom stereocenters. The number of likely N-dealkylation sites (tertiary alicyclic amines) is 1. The fraction of sp³-hybridized carbons (Fsp3) is 0.423. The lowest BCUT2D eigenvalue weighted by Crippen LogP contribution is -2.40. The van der Waals surface area contributed by atoms with Gasteiger partial charge in [-0.15, -0.1) is 0 Å². The first-order chi connectivity index (χ1) is 15.8. The maximum Gasteiger partial charge on any atom is 0.407 e. The largest absolute Gasteiger partial charge is 0.481 e. The molecule has 2 aromatic carbocycles. The van der Waals surface area contributed by atoms with Crippen LogP contribution in [0.25, 0.3) is 11.1 Å². The average molecular weight is 451 g/mol. The Morgan fingerprint density at radius 2 is 1.73 bits per heavy atom. The summed E-state index contributed by atoms with van der Waals surface area (Å²) in [5.41, 5.74) is 3.75. The molecule has 174 valence electrons. The van der Waals surface area contributed by atoms with Crippen LogP contribution in [0.1, 0.15) is 50.2 Å². The van der Waals surface area contributed by atoms with E-state index in [0.29, 0.717) is 19.4 Å². The maximum atomic E-state index is 12.6. The monoisotopic (exact) mass is 450 g/mol. The molecule has 1 aliphatic heterocycles. The summed E-state index contributed by atoms with van der Waals surface area (Å²) in [6, 6.07) is 15.9. The standard InChI is InChI=1S/C26H30N2O5/c1-3-26(24(30)31)12-13-28(16-26)23(29)14-17(2)27-25(32)33-15-22-20-10-6-4-8-18(20)19-9-5-7-11-21(19)22/h4-11,17,22H,3,12-16H2,1-2H3,(H,27,32)(H,30,31)/t17-,26?/m1/s1. The molecule has 0 aromatic heterocycles. The molecule has 1 heterocycles. The van der Waals surface area contributed by atoms with Crippen molar-refractivity contribution in [2.45, 2.75) is 45.1 Å². The highest BCUT2D eigenvalue weighted by Gasteiger charge is 2.44. The van der Waals surface area contributed by atoms with Gasteiger partial charge in [0.15, 0.2) is 0 Å². The lowest BCUT2D eigenvalue weighted by Gasteiger charge is -2.24. The Morgan fingerprint density at radius 3 is 2.27 bits per heavy atom. The summed E-state index contributed by atoms with van der Waals surface area (Å²) in [6.45, 7) is 4.44. The highest BCUT2D eigenvalue weighted by molar-refractivity contribution is 5.82. The lowest BCUT2D eigenvalue weighted by molar-refractivity contribution is -0.148. The molecule has 7 heteroatoms. The van der Waals surface area contributed by atoms with E-state index in [0.717, 1.165) is 22.3 Å². The quantitative estimate of drug-likeness (QED) is 0.664. The lowest BCUT2D eigenvalue weighted by atomic mass is 9.84. The van der Waals surface area contributed by atoms with Crippen molar-refractivity contribution in [2.75, 3.05) is 19.7 Å². The van der Waals surface area contributed by atoms with Crippen molar-refractivity contribution in [2.24, 2.45) is 5.41 Å². The van der Waals surface area contributed by atoms with Crippen LogP contribution < -0.4 is 5.32 Å². The summed E-state index contributed by atoms with van der Waals surface area (Å²) in [5, 5.41) is 12.3. The average Bonchev–Trinajstić information content (AvgIpc) is 3.39. The molecule has 2 amide bonds. The Hall–Kier alpha value is -3.35. The molecule has 0 radical (unpaired) electrons. The zero-order valence-electron chi connectivity index (χ0n) is 19.0. The third-order valence-electron chi connectivity index (χ3n) is 7.03. The molecule has 0 bridgehead atoms. The number of benzene rings is 2. The van der Waals surface area contributed by atoms with Crippen molar-refractivity contribution in [3.8, 4) is 11.1 Å². The third-order valence-corrected chi connectivity index (χ3v) is 7.03. The van der Waals surface area contributed by atoms with Gasteiger partial charge in [-0.25, -0.2) is 4.79 Å². The molecular weight excluding hydrogens is 420 g/mol. The number of hydrogen-bond donors (Lipinski definition) is 2. The van der Waals surface area contributed by atoms with E-state index in [1.54, 1.807) is 11.8 Å². The molecule has 1 aliphatic carbocycles. The van der Waals surface area contributed by atoms with Crippen LogP contribution in [0.2, 0.25) is 0 Å². The molecule has 0 saturated carbocycles. The summed E-state index contributed by atoms with van der Waals surface area (Å²) < 4.78 is 5.55. The number of carboxylic acid groups (broad SMARTS) is 1. The number of aliphatic carboxylic acids is 1. The molecule has 1 fully saturated rings. The number of hydrogen-bond acceptors (Lipinski definition) is 4. The molecule has 33 heavy (non-hydrogen) atoms. The summed E-state index contributed by atoms with van der Waals surface area (Å²) in [5.74, 6) is -1.04. The summed E-state index contributed by atoms with van der Waals surface area (Å²) in [7, 11) is 0. The zero-order valence-corrected chi connectivity index (χ0v) is 19.0. The van der Waals surface area contributed by atoms with Crippen molar-refractivity contribution in [1.82, 2.24) is 10.2 Å². The van der Waals surface area contributed by atoms with Crippen LogP contribution in [0.5, 0.6) is 0 Å². The molecule has 2 aromatic rings. The van der Waals surface area contributed by atoms with Gasteiger partial charge in [0.1, 0.15) is 6.61 Å². The molecule has 1 saturated heterocycles. The summed E-state index contributed by atoms with van der Waals surface area (Å²) >= 11 is 0. The van der Waals surface area contributed by atoms with Crippen LogP contribution in [0.4, 0.5) is 4.79 Å². The topological polar surface area (TPSA) is 95.9 Å². The number of carbonyl (C=O) groups is 3. The molecular formula is C26H30N2O5. The van der Waals surface area contributed by atoms with Crippen molar-refractivity contribution in [3.05, 3.63) is 59.7 Å². The molecule has 2 aliphatic rings. The van der Waals surface area contributed by atoms with Gasteiger partial charge in [0, 0.05) is 31.5 Å². The first-order valence-corrected chi connectivity index (χ1v) is 11.5. The van der Waals surface area contributed by atoms with Crippen LogP contribution >= 0.6 is 0 Å². The smallest absolute Gasteiger partial charge is 0.407 e. The second-order valence-corrected chi connectivity index (χ2v) is 9.08. The van der Waals surface area contributed by atoms with Crippen molar-refractivity contribution >= 4 is 18.0 Å². The first-order valence-electron chi connectivity index (χ1n) is 11.5. The van der Waals surface area contributed by atoms with E-state index < -0.39 is 23.5 Å². The van der Waals surface area contributed by atoms with Crippen molar-refractivity contribution in [1.29, 1.82) is 0 Å². The third kappa shape index (κ3) is 4.45. The molecule has 0 spiro atoms. The molecule has 4 rings (SSSR count). The predicted molar refractivity (Wildman–Crippen MR) is 124 cm³/mol. The minimum absolute atomic E-state index is 0.0251. The Morgan fingerprint density at radius 1 is 1.12 bits per heavy atom. The van der Waals surface area contributed by atoms with E-state index in [9.17, 15) is 19.5 Å². The van der Waals surface area contributed by atoms with Gasteiger partial charge in [0.05, 0.1) is 5.41 Å². The van der Waals surface area contributed by atoms with Gasteiger partial charge in [-0.3, -0.25) is 9.59 Å². The minimum atomic E-state index is -0.862. The highest BCUT2D eigenvalue weighted by atomic mass is 16.5. The van der Waals surface area contributed by atoms with Gasteiger partial charge >= 0.3 is 12.1 Å². The van der Waals surface area contributed by atoms with Crippen LogP contribution in [0, 0.1) is 5.41 Å². The molecule has 1 unspecified atom stereocenters. The van der Waals surface area contributed by atoms with E-state index in [4.69, 9.17) is 4.74 Å². The second kappa shape index (κ2) is 9.25. The number of ether oxygens (including phenoxy) is 1. The number of carbonyl (C=O) groups excluding carboxylic acids is 2. The number of amides is 2. The number of nitrogens with one attached hydrogen (secondary N) is 1. The Labute approximate surface area is 193 Å². The van der Waals surface area contributed by atoms with E-state index in [1.165, 1.54) is 0 Å². The van der Waals surface area contributed by atoms with E-state index in [2.05, 4.69) is 29.6 Å². The van der Waals surface area contributed by atoms with E-state index in [1.807, 2.05) is 31.2 Å².